The summed E-state index contributed by atoms with van der Waals surface area (Å²) in [6, 6.07) is -1.74. The average Bonchev–Trinajstić information content (AvgIpc) is 3.23. The molecular formula is C37H79N3O21P6. The van der Waals surface area contributed by atoms with Gasteiger partial charge in [-0.2, -0.15) is 0 Å². The summed E-state index contributed by atoms with van der Waals surface area (Å²) in [5.41, 5.74) is 0. The molecule has 398 valence electrons. The Kier molecular flexibility index (Phi) is 33.5. The van der Waals surface area contributed by atoms with Gasteiger partial charge in [0, 0.05) is 13.1 Å². The van der Waals surface area contributed by atoms with E-state index in [1.807, 2.05) is 0 Å². The molecular weight excluding hydrogens is 1010 g/mol. The molecule has 0 spiro atoms. The highest BCUT2D eigenvalue weighted by Gasteiger charge is 2.54. The zero-order chi connectivity index (χ0) is 51.4. The third-order valence-electron chi connectivity index (χ3n) is 8.73. The normalized spacial score (nSPS) is 13.7. The molecule has 0 radical (unpaired) electrons. The second-order valence-electron chi connectivity index (χ2n) is 13.4. The van der Waals surface area contributed by atoms with Gasteiger partial charge in [-0.3, -0.25) is 41.8 Å². The van der Waals surface area contributed by atoms with E-state index in [4.69, 9.17) is 54.3 Å². The molecule has 0 saturated carbocycles. The van der Waals surface area contributed by atoms with Crippen LogP contribution < -0.4 is 16.0 Å². The van der Waals surface area contributed by atoms with Gasteiger partial charge in [-0.15, -0.1) is 0 Å². The summed E-state index contributed by atoms with van der Waals surface area (Å²) < 4.78 is 151. The first kappa shape index (κ1) is 66.3. The number of rotatable bonds is 42. The molecule has 24 nitrogen and oxygen atoms in total. The number of carbonyl (C=O) groups is 3. The van der Waals surface area contributed by atoms with Gasteiger partial charge in [0.05, 0.1) is 92.1 Å². The van der Waals surface area contributed by atoms with Crippen molar-refractivity contribution in [2.24, 2.45) is 0 Å². The molecule has 0 aromatic rings. The van der Waals surface area contributed by atoms with Gasteiger partial charge in [0.25, 0.3) is 0 Å². The quantitative estimate of drug-likeness (QED) is 0.0481. The van der Waals surface area contributed by atoms with Crippen molar-refractivity contribution in [1.29, 1.82) is 0 Å². The highest BCUT2D eigenvalue weighted by Crippen LogP contribution is 2.73. The number of hydrogen-bond donors (Lipinski definition) is 3. The maximum atomic E-state index is 14.2. The molecule has 3 amide bonds. The predicted octanol–water partition coefficient (Wildman–Crippen LogP) is 8.84. The van der Waals surface area contributed by atoms with Crippen LogP contribution in [0.2, 0.25) is 0 Å². The molecule has 0 aromatic heterocycles. The third kappa shape index (κ3) is 21.1. The molecule has 3 N–H and O–H groups in total. The first-order valence-electron chi connectivity index (χ1n) is 22.8. The van der Waals surface area contributed by atoms with E-state index in [9.17, 15) is 41.8 Å². The molecule has 0 aliphatic rings. The summed E-state index contributed by atoms with van der Waals surface area (Å²) in [4.78, 5) is 41.8. The highest BCUT2D eigenvalue weighted by atomic mass is 31.3. The lowest BCUT2D eigenvalue weighted by molar-refractivity contribution is -0.131. The van der Waals surface area contributed by atoms with Gasteiger partial charge in [0.1, 0.15) is 6.04 Å². The van der Waals surface area contributed by atoms with Gasteiger partial charge in [0.2, 0.25) is 17.7 Å². The molecule has 0 fully saturated rings. The van der Waals surface area contributed by atoms with Crippen molar-refractivity contribution in [3.05, 3.63) is 0 Å². The number of amides is 3. The molecule has 67 heavy (non-hydrogen) atoms. The summed E-state index contributed by atoms with van der Waals surface area (Å²) in [5, 5.41) is 2.70. The summed E-state index contributed by atoms with van der Waals surface area (Å²) >= 11 is 0. The maximum absolute atomic E-state index is 14.2. The van der Waals surface area contributed by atoms with E-state index in [1.165, 1.54) is 27.7 Å². The van der Waals surface area contributed by atoms with Crippen LogP contribution in [0.5, 0.6) is 0 Å². The van der Waals surface area contributed by atoms with Crippen LogP contribution in [0.15, 0.2) is 0 Å². The molecule has 1 atom stereocenters. The van der Waals surface area contributed by atoms with E-state index in [1.54, 1.807) is 55.4 Å². The fraction of sp³-hybridized carbons (Fsp3) is 0.919. The molecule has 0 aromatic carbocycles. The maximum Gasteiger partial charge on any atom is 0.346 e. The van der Waals surface area contributed by atoms with Crippen LogP contribution in [0.1, 0.15) is 109 Å². The highest BCUT2D eigenvalue weighted by molar-refractivity contribution is 7.73. The van der Waals surface area contributed by atoms with Crippen molar-refractivity contribution >= 4 is 63.3 Å². The molecule has 0 aliphatic carbocycles. The Morgan fingerprint density at radius 1 is 0.343 bits per heavy atom. The fourth-order valence-electron chi connectivity index (χ4n) is 6.47. The Labute approximate surface area is 397 Å². The summed E-state index contributed by atoms with van der Waals surface area (Å²) in [6.07, 6.45) is -2.38. The molecule has 0 bridgehead atoms. The summed E-state index contributed by atoms with van der Waals surface area (Å²) in [6.45, 7) is 16.2. The van der Waals surface area contributed by atoms with Crippen LogP contribution in [0.3, 0.4) is 0 Å². The van der Waals surface area contributed by atoms with Crippen molar-refractivity contribution in [2.45, 2.75) is 131 Å². The predicted molar refractivity (Wildman–Crippen MR) is 253 cm³/mol. The zero-order valence-corrected chi connectivity index (χ0v) is 46.7. The smallest absolute Gasteiger partial charge is 0.346 e. The SMILES string of the molecule is CCOP(=O)(OCC)C(CCNC(=O)CC(NC(=O)CC(P(=O)(OCC)OCC)P(=O)(OCC)OCC)C(=O)NCCC(P(=O)(OCC)OCC)P(=O)(OCC)OCC)P(=O)(OCC)OCC. The second kappa shape index (κ2) is 33.9. The molecule has 0 aliphatic heterocycles. The van der Waals surface area contributed by atoms with Crippen LogP contribution in [-0.4, -0.2) is 132 Å². The van der Waals surface area contributed by atoms with Gasteiger partial charge in [0.15, 0.2) is 16.2 Å². The van der Waals surface area contributed by atoms with E-state index >= 15 is 0 Å². The van der Waals surface area contributed by atoms with Crippen LogP contribution >= 0.6 is 45.6 Å². The Morgan fingerprint density at radius 3 is 0.836 bits per heavy atom. The third-order valence-corrected chi connectivity index (χ3v) is 27.0. The summed E-state index contributed by atoms with van der Waals surface area (Å²) in [5.74, 6) is -2.92. The number of hydrogen-bond acceptors (Lipinski definition) is 21. The minimum atomic E-state index is -4.46. The Hall–Kier alpha value is -0.690. The van der Waals surface area contributed by atoms with Crippen LogP contribution in [0, 0.1) is 0 Å². The number of nitrogens with one attached hydrogen (secondary N) is 3. The first-order valence-corrected chi connectivity index (χ1v) is 32.4. The monoisotopic (exact) mass is 1090 g/mol. The van der Waals surface area contributed by atoms with E-state index < -0.39 is 105 Å². The summed E-state index contributed by atoms with van der Waals surface area (Å²) in [7, 11) is -25.8. The number of carbonyl (C=O) groups excluding carboxylic acids is 3. The molecule has 30 heteroatoms. The van der Waals surface area contributed by atoms with Crippen LogP contribution in [0.4, 0.5) is 0 Å². The minimum absolute atomic E-state index is 0.0880. The Morgan fingerprint density at radius 2 is 0.582 bits per heavy atom. The Balaban J connectivity index is 7.22. The van der Waals surface area contributed by atoms with E-state index in [-0.39, 0.29) is 98.7 Å². The van der Waals surface area contributed by atoms with E-state index in [0.29, 0.717) is 0 Å². The largest absolute Gasteiger partial charge is 0.356 e. The van der Waals surface area contributed by atoms with Crippen molar-refractivity contribution in [2.75, 3.05) is 92.4 Å². The topological polar surface area (TPSA) is 300 Å². The fourth-order valence-corrected chi connectivity index (χ4v) is 22.4. The van der Waals surface area contributed by atoms with Crippen molar-refractivity contribution in [3.63, 3.8) is 0 Å². The minimum Gasteiger partial charge on any atom is -0.356 e. The van der Waals surface area contributed by atoms with Gasteiger partial charge in [-0.1, -0.05) is 0 Å². The first-order chi connectivity index (χ1) is 31.6. The zero-order valence-electron chi connectivity index (χ0n) is 41.3. The van der Waals surface area contributed by atoms with Crippen molar-refractivity contribution in [1.82, 2.24) is 16.0 Å². The molecule has 1 unspecified atom stereocenters. The lowest BCUT2D eigenvalue weighted by Gasteiger charge is -2.32. The van der Waals surface area contributed by atoms with Gasteiger partial charge in [-0.25, -0.2) is 0 Å². The van der Waals surface area contributed by atoms with Gasteiger partial charge < -0.3 is 70.2 Å². The Bertz CT molecular complexity index is 1610. The second-order valence-corrected chi connectivity index (χ2v) is 28.0. The van der Waals surface area contributed by atoms with Crippen molar-refractivity contribution < 1.29 is 96.1 Å². The van der Waals surface area contributed by atoms with E-state index in [2.05, 4.69) is 16.0 Å². The van der Waals surface area contributed by atoms with Crippen LogP contribution in [0.25, 0.3) is 0 Å². The molecule has 0 heterocycles. The standard InChI is InChI=1S/C37H79N3O21P6/c1-13-50-62(44,51-14-2)34(63(45,52-15-3)53-16-4)25-27-38-32(41)29-31(40-33(42)30-36(66(48,58-21-9)59-22-10)67(49,60-23-11)61-24-12)37(43)39-28-26-35(64(46,54-17-5)55-18-6)65(47,56-19-7)57-20-8/h31,34-36H,13-30H2,1-12H3,(H,38,41)(H,39,43)(H,40,42). The lowest BCUT2D eigenvalue weighted by atomic mass is 10.1. The average molecular weight is 1090 g/mol. The molecule has 0 rings (SSSR count). The lowest BCUT2D eigenvalue weighted by Crippen LogP contribution is -2.50. The van der Waals surface area contributed by atoms with Crippen LogP contribution in [-0.2, 0) is 96.1 Å². The van der Waals surface area contributed by atoms with Gasteiger partial charge >= 0.3 is 45.6 Å². The van der Waals surface area contributed by atoms with Gasteiger partial charge in [-0.05, 0) is 95.9 Å². The molecule has 0 saturated heterocycles. The van der Waals surface area contributed by atoms with Crippen molar-refractivity contribution in [3.8, 4) is 0 Å². The van der Waals surface area contributed by atoms with E-state index in [0.717, 1.165) is 0 Å².